The highest BCUT2D eigenvalue weighted by Gasteiger charge is 2.20. The number of allylic oxidation sites excluding steroid dienone is 1. The number of nitrogens with one attached hydrogen (secondary N) is 1. The Morgan fingerprint density at radius 2 is 2.22 bits per heavy atom. The molecule has 0 aliphatic rings. The Morgan fingerprint density at radius 3 is 2.83 bits per heavy atom. The topological polar surface area (TPSA) is 73.6 Å². The zero-order valence-electron chi connectivity index (χ0n) is 10.6. The van der Waals surface area contributed by atoms with Crippen molar-refractivity contribution in [3.8, 4) is 5.75 Å². The number of ether oxygens (including phenoxy) is 2. The van der Waals surface area contributed by atoms with Crippen LogP contribution >= 0.6 is 0 Å². The summed E-state index contributed by atoms with van der Waals surface area (Å²) in [4.78, 5) is 11.5. The first-order valence-electron chi connectivity index (χ1n) is 5.60. The number of hydrogen-bond acceptors (Lipinski definition) is 4. The minimum atomic E-state index is -0.772. The van der Waals surface area contributed by atoms with Crippen molar-refractivity contribution >= 4 is 12.0 Å². The van der Waals surface area contributed by atoms with Crippen LogP contribution in [-0.4, -0.2) is 25.7 Å². The van der Waals surface area contributed by atoms with Crippen LogP contribution < -0.4 is 16.0 Å². The quantitative estimate of drug-likeness (QED) is 0.450. The molecule has 0 saturated carbocycles. The molecule has 5 heteroatoms. The zero-order valence-corrected chi connectivity index (χ0v) is 10.6. The number of benzene rings is 1. The van der Waals surface area contributed by atoms with Gasteiger partial charge in [0.1, 0.15) is 5.75 Å². The lowest BCUT2D eigenvalue weighted by molar-refractivity contribution is -0.130. The van der Waals surface area contributed by atoms with Crippen molar-refractivity contribution in [3.05, 3.63) is 35.9 Å². The number of rotatable bonds is 6. The highest BCUT2D eigenvalue weighted by molar-refractivity contribution is 5.80. The third-order valence-corrected chi connectivity index (χ3v) is 2.29. The highest BCUT2D eigenvalue weighted by atomic mass is 16.5. The Bertz CT molecular complexity index is 418. The number of carbonyl (C=O) groups excluding carboxylic acids is 1. The average Bonchev–Trinajstić information content (AvgIpc) is 2.39. The van der Waals surface area contributed by atoms with Gasteiger partial charge in [-0.15, -0.1) is 0 Å². The molecule has 0 aliphatic carbocycles. The summed E-state index contributed by atoms with van der Waals surface area (Å²) < 4.78 is 10.6. The fraction of sp³-hybridized carbons (Fsp3) is 0.308. The number of hydrazine groups is 1. The molecule has 1 amide bonds. The summed E-state index contributed by atoms with van der Waals surface area (Å²) >= 11 is 0. The predicted molar refractivity (Wildman–Crippen MR) is 69.8 cm³/mol. The number of nitrogens with two attached hydrogens (primary N) is 1. The lowest BCUT2D eigenvalue weighted by Gasteiger charge is -2.18. The van der Waals surface area contributed by atoms with Gasteiger partial charge in [-0.05, 0) is 13.0 Å². The lowest BCUT2D eigenvalue weighted by Crippen LogP contribution is -2.44. The van der Waals surface area contributed by atoms with Crippen molar-refractivity contribution in [1.29, 1.82) is 0 Å². The standard InChI is InChI=1S/C13H18N2O3/c1-3-6-10-7-4-5-8-11(10)18-12(9-17-2)13(16)15-14/h3-8,12H,9,14H2,1-2H3,(H,15,16)/b6-3+. The van der Waals surface area contributed by atoms with Crippen molar-refractivity contribution in [2.45, 2.75) is 13.0 Å². The Hall–Kier alpha value is -1.85. The number of hydrogen-bond donors (Lipinski definition) is 2. The van der Waals surface area contributed by atoms with Gasteiger partial charge in [-0.3, -0.25) is 10.2 Å². The molecule has 1 aromatic carbocycles. The van der Waals surface area contributed by atoms with Crippen molar-refractivity contribution in [3.63, 3.8) is 0 Å². The minimum Gasteiger partial charge on any atom is -0.477 e. The van der Waals surface area contributed by atoms with Gasteiger partial charge in [0.2, 0.25) is 6.10 Å². The van der Waals surface area contributed by atoms with E-state index in [0.29, 0.717) is 5.75 Å². The molecule has 0 heterocycles. The fourth-order valence-electron chi connectivity index (χ4n) is 1.47. The van der Waals surface area contributed by atoms with E-state index in [1.54, 1.807) is 6.07 Å². The molecule has 0 radical (unpaired) electrons. The summed E-state index contributed by atoms with van der Waals surface area (Å²) in [6.45, 7) is 2.04. The van der Waals surface area contributed by atoms with Gasteiger partial charge in [-0.25, -0.2) is 5.84 Å². The Kier molecular flexibility index (Phi) is 5.90. The van der Waals surface area contributed by atoms with Gasteiger partial charge in [-0.2, -0.15) is 0 Å². The summed E-state index contributed by atoms with van der Waals surface area (Å²) in [5, 5.41) is 0. The Balaban J connectivity index is 2.89. The number of methoxy groups -OCH3 is 1. The smallest absolute Gasteiger partial charge is 0.277 e. The number of para-hydroxylation sites is 1. The van der Waals surface area contributed by atoms with Gasteiger partial charge in [0, 0.05) is 12.7 Å². The van der Waals surface area contributed by atoms with E-state index in [0.717, 1.165) is 5.56 Å². The van der Waals surface area contributed by atoms with E-state index in [2.05, 4.69) is 5.43 Å². The maximum atomic E-state index is 11.5. The van der Waals surface area contributed by atoms with Crippen LogP contribution in [-0.2, 0) is 9.53 Å². The summed E-state index contributed by atoms with van der Waals surface area (Å²) in [6, 6.07) is 7.43. The van der Waals surface area contributed by atoms with Crippen LogP contribution in [0.3, 0.4) is 0 Å². The van der Waals surface area contributed by atoms with Crippen LogP contribution in [0.1, 0.15) is 12.5 Å². The van der Waals surface area contributed by atoms with E-state index in [4.69, 9.17) is 15.3 Å². The van der Waals surface area contributed by atoms with Crippen LogP contribution in [0.4, 0.5) is 0 Å². The molecule has 98 valence electrons. The van der Waals surface area contributed by atoms with Crippen molar-refractivity contribution in [2.75, 3.05) is 13.7 Å². The van der Waals surface area contributed by atoms with Gasteiger partial charge in [-0.1, -0.05) is 30.4 Å². The molecule has 1 aromatic rings. The second-order valence-electron chi connectivity index (χ2n) is 3.61. The molecule has 3 N–H and O–H groups in total. The molecule has 1 unspecified atom stereocenters. The van der Waals surface area contributed by atoms with Crippen LogP contribution in [0, 0.1) is 0 Å². The third kappa shape index (κ3) is 3.87. The SMILES string of the molecule is C/C=C/c1ccccc1OC(COC)C(=O)NN. The van der Waals surface area contributed by atoms with E-state index in [1.807, 2.05) is 37.3 Å². The molecular weight excluding hydrogens is 232 g/mol. The summed E-state index contributed by atoms with van der Waals surface area (Å²) in [5.74, 6) is 5.29. The number of carbonyl (C=O) groups is 1. The summed E-state index contributed by atoms with van der Waals surface area (Å²) in [5.41, 5.74) is 2.95. The minimum absolute atomic E-state index is 0.132. The molecule has 0 bridgehead atoms. The van der Waals surface area contributed by atoms with Crippen LogP contribution in [0.2, 0.25) is 0 Å². The molecule has 0 fully saturated rings. The maximum absolute atomic E-state index is 11.5. The Morgan fingerprint density at radius 1 is 1.50 bits per heavy atom. The molecule has 0 aromatic heterocycles. The normalized spacial score (nSPS) is 12.4. The maximum Gasteiger partial charge on any atom is 0.277 e. The first-order chi connectivity index (χ1) is 8.72. The van der Waals surface area contributed by atoms with E-state index < -0.39 is 12.0 Å². The van der Waals surface area contributed by atoms with Crippen LogP contribution in [0.5, 0.6) is 5.75 Å². The predicted octanol–water partition coefficient (Wildman–Crippen LogP) is 1.10. The van der Waals surface area contributed by atoms with Crippen molar-refractivity contribution in [1.82, 2.24) is 5.43 Å². The lowest BCUT2D eigenvalue weighted by atomic mass is 10.2. The largest absolute Gasteiger partial charge is 0.477 e. The number of amides is 1. The molecular formula is C13H18N2O3. The van der Waals surface area contributed by atoms with E-state index in [-0.39, 0.29) is 6.61 Å². The summed E-state index contributed by atoms with van der Waals surface area (Å²) in [7, 11) is 1.50. The first-order valence-corrected chi connectivity index (χ1v) is 5.60. The van der Waals surface area contributed by atoms with Crippen LogP contribution in [0.25, 0.3) is 6.08 Å². The highest BCUT2D eigenvalue weighted by Crippen LogP contribution is 2.20. The molecule has 1 atom stereocenters. The van der Waals surface area contributed by atoms with Crippen molar-refractivity contribution in [2.24, 2.45) is 5.84 Å². The third-order valence-electron chi connectivity index (χ3n) is 2.29. The average molecular weight is 250 g/mol. The van der Waals surface area contributed by atoms with Gasteiger partial charge in [0.05, 0.1) is 6.61 Å². The molecule has 0 saturated heterocycles. The summed E-state index contributed by atoms with van der Waals surface area (Å²) in [6.07, 6.45) is 3.03. The van der Waals surface area contributed by atoms with Gasteiger partial charge >= 0.3 is 0 Å². The van der Waals surface area contributed by atoms with Crippen LogP contribution in [0.15, 0.2) is 30.3 Å². The van der Waals surface area contributed by atoms with Gasteiger partial charge < -0.3 is 9.47 Å². The fourth-order valence-corrected chi connectivity index (χ4v) is 1.47. The second kappa shape index (κ2) is 7.47. The zero-order chi connectivity index (χ0) is 13.4. The monoisotopic (exact) mass is 250 g/mol. The van der Waals surface area contributed by atoms with E-state index in [9.17, 15) is 4.79 Å². The van der Waals surface area contributed by atoms with Crippen molar-refractivity contribution < 1.29 is 14.3 Å². The molecule has 0 spiro atoms. The molecule has 18 heavy (non-hydrogen) atoms. The molecule has 0 aliphatic heterocycles. The molecule has 5 nitrogen and oxygen atoms in total. The van der Waals surface area contributed by atoms with Gasteiger partial charge in [0.15, 0.2) is 0 Å². The van der Waals surface area contributed by atoms with Gasteiger partial charge in [0.25, 0.3) is 5.91 Å². The first kappa shape index (κ1) is 14.2. The van der Waals surface area contributed by atoms with E-state index in [1.165, 1.54) is 7.11 Å². The molecule has 1 rings (SSSR count). The second-order valence-corrected chi connectivity index (χ2v) is 3.61. The Labute approximate surface area is 107 Å². The van der Waals surface area contributed by atoms with E-state index >= 15 is 0 Å².